The number of rotatable bonds is 5. The maximum Gasteiger partial charge on any atom is 0.250 e. The molecular formula is C19H26N2O3S2. The Morgan fingerprint density at radius 1 is 1.00 bits per heavy atom. The predicted molar refractivity (Wildman–Crippen MR) is 103 cm³/mol. The van der Waals surface area contributed by atoms with E-state index in [0.717, 1.165) is 49.3 Å². The van der Waals surface area contributed by atoms with Crippen LogP contribution < -0.4 is 4.72 Å². The highest BCUT2D eigenvalue weighted by molar-refractivity contribution is 7.91. The van der Waals surface area contributed by atoms with Crippen molar-refractivity contribution < 1.29 is 12.8 Å². The molecule has 0 atom stereocenters. The molecule has 0 saturated heterocycles. The topological polar surface area (TPSA) is 72.2 Å². The zero-order chi connectivity index (χ0) is 18.0. The van der Waals surface area contributed by atoms with Crippen molar-refractivity contribution in [3.8, 4) is 10.6 Å². The third-order valence-corrected chi connectivity index (χ3v) is 8.61. The number of nitrogens with zero attached hydrogens (tertiary/aromatic N) is 1. The lowest BCUT2D eigenvalue weighted by Gasteiger charge is -2.21. The minimum atomic E-state index is -3.47. The summed E-state index contributed by atoms with van der Waals surface area (Å²) in [6, 6.07) is 3.56. The van der Waals surface area contributed by atoms with Crippen LogP contribution in [0.3, 0.4) is 0 Å². The van der Waals surface area contributed by atoms with Crippen molar-refractivity contribution in [1.29, 1.82) is 0 Å². The van der Waals surface area contributed by atoms with Crippen molar-refractivity contribution in [3.63, 3.8) is 0 Å². The maximum atomic E-state index is 12.8. The number of oxazole rings is 1. The highest BCUT2D eigenvalue weighted by Crippen LogP contribution is 2.38. The summed E-state index contributed by atoms with van der Waals surface area (Å²) in [4.78, 5) is 5.19. The molecule has 5 nitrogen and oxygen atoms in total. The average molecular weight is 395 g/mol. The summed E-state index contributed by atoms with van der Waals surface area (Å²) in [5.41, 5.74) is 0. The zero-order valence-corrected chi connectivity index (χ0v) is 16.6. The van der Waals surface area contributed by atoms with E-state index in [1.807, 2.05) is 6.07 Å². The molecule has 0 aromatic carbocycles. The van der Waals surface area contributed by atoms with Crippen molar-refractivity contribution in [2.45, 2.75) is 80.4 Å². The molecule has 0 amide bonds. The minimum Gasteiger partial charge on any atom is -0.440 e. The number of hydrogen-bond donors (Lipinski definition) is 1. The second-order valence-electron chi connectivity index (χ2n) is 7.47. The van der Waals surface area contributed by atoms with Gasteiger partial charge in [-0.2, -0.15) is 0 Å². The Morgan fingerprint density at radius 3 is 2.42 bits per heavy atom. The van der Waals surface area contributed by atoms with Gasteiger partial charge in [0.15, 0.2) is 11.7 Å². The molecule has 2 fully saturated rings. The van der Waals surface area contributed by atoms with E-state index in [-0.39, 0.29) is 6.04 Å². The molecule has 0 aliphatic heterocycles. The molecule has 2 saturated carbocycles. The minimum absolute atomic E-state index is 0.0568. The summed E-state index contributed by atoms with van der Waals surface area (Å²) in [5, 5.41) is 0. The smallest absolute Gasteiger partial charge is 0.250 e. The van der Waals surface area contributed by atoms with Crippen molar-refractivity contribution >= 4 is 21.4 Å². The SMILES string of the molecule is O=S(=O)(NC1CCCCCCC1)c1ccc(-c2cnc(C3CCC3)o2)s1. The average Bonchev–Trinajstić information content (AvgIpc) is 3.17. The molecule has 0 unspecified atom stereocenters. The number of sulfonamides is 1. The van der Waals surface area contributed by atoms with Gasteiger partial charge in [-0.15, -0.1) is 11.3 Å². The monoisotopic (exact) mass is 394 g/mol. The van der Waals surface area contributed by atoms with Crippen LogP contribution in [0.15, 0.2) is 27.0 Å². The summed E-state index contributed by atoms with van der Waals surface area (Å²) in [6.45, 7) is 0. The van der Waals surface area contributed by atoms with Gasteiger partial charge in [-0.05, 0) is 37.8 Å². The van der Waals surface area contributed by atoms with E-state index in [2.05, 4.69) is 9.71 Å². The first-order valence-corrected chi connectivity index (χ1v) is 12.0. The van der Waals surface area contributed by atoms with Crippen LogP contribution in [0.4, 0.5) is 0 Å². The van der Waals surface area contributed by atoms with Gasteiger partial charge in [-0.25, -0.2) is 18.1 Å². The lowest BCUT2D eigenvalue weighted by molar-refractivity contribution is 0.338. The quantitative estimate of drug-likeness (QED) is 0.769. The summed E-state index contributed by atoms with van der Waals surface area (Å²) in [5.74, 6) is 1.90. The number of nitrogens with one attached hydrogen (secondary N) is 1. The molecule has 142 valence electrons. The van der Waals surface area contributed by atoms with Crippen LogP contribution in [-0.2, 0) is 10.0 Å². The second-order valence-corrected chi connectivity index (χ2v) is 10.5. The highest BCUT2D eigenvalue weighted by atomic mass is 32.2. The first-order valence-electron chi connectivity index (χ1n) is 9.70. The lowest BCUT2D eigenvalue weighted by Crippen LogP contribution is -2.34. The third kappa shape index (κ3) is 4.05. The van der Waals surface area contributed by atoms with Gasteiger partial charge >= 0.3 is 0 Å². The normalized spacial score (nSPS) is 20.5. The van der Waals surface area contributed by atoms with Crippen LogP contribution >= 0.6 is 11.3 Å². The fourth-order valence-corrected chi connectivity index (χ4v) is 6.27. The van der Waals surface area contributed by atoms with Gasteiger partial charge in [0.25, 0.3) is 0 Å². The predicted octanol–water partition coefficient (Wildman–Crippen LogP) is 5.06. The second kappa shape index (κ2) is 7.82. The standard InChI is InChI=1S/C19H26N2O3S2/c22-26(23,21-15-9-4-2-1-3-5-10-15)18-12-11-17(25-18)16-13-20-19(24-16)14-7-6-8-14/h11-15,21H,1-10H2. The van der Waals surface area contributed by atoms with Gasteiger partial charge in [0, 0.05) is 12.0 Å². The molecule has 2 aromatic heterocycles. The van der Waals surface area contributed by atoms with Gasteiger partial charge in [0.05, 0.1) is 11.1 Å². The van der Waals surface area contributed by atoms with Gasteiger partial charge in [-0.1, -0.05) is 38.5 Å². The van der Waals surface area contributed by atoms with Crippen LogP contribution in [0, 0.1) is 0 Å². The van der Waals surface area contributed by atoms with Crippen molar-refractivity contribution in [2.75, 3.05) is 0 Å². The molecule has 2 aliphatic rings. The van der Waals surface area contributed by atoms with Gasteiger partial charge in [0.2, 0.25) is 10.0 Å². The summed E-state index contributed by atoms with van der Waals surface area (Å²) in [7, 11) is -3.47. The molecule has 0 spiro atoms. The molecule has 0 bridgehead atoms. The van der Waals surface area contributed by atoms with Crippen LogP contribution in [0.2, 0.25) is 0 Å². The number of aromatic nitrogens is 1. The van der Waals surface area contributed by atoms with E-state index in [1.165, 1.54) is 37.0 Å². The summed E-state index contributed by atoms with van der Waals surface area (Å²) < 4.78 is 34.7. The third-order valence-electron chi connectivity index (χ3n) is 5.49. The molecule has 2 aromatic rings. The van der Waals surface area contributed by atoms with E-state index in [1.54, 1.807) is 12.3 Å². The Morgan fingerprint density at radius 2 is 1.73 bits per heavy atom. The zero-order valence-electron chi connectivity index (χ0n) is 14.9. The van der Waals surface area contributed by atoms with Crippen LogP contribution in [0.25, 0.3) is 10.6 Å². The molecule has 7 heteroatoms. The molecule has 2 heterocycles. The lowest BCUT2D eigenvalue weighted by atomic mass is 9.85. The molecular weight excluding hydrogens is 368 g/mol. The molecule has 26 heavy (non-hydrogen) atoms. The van der Waals surface area contributed by atoms with Crippen molar-refractivity contribution in [1.82, 2.24) is 9.71 Å². The summed E-state index contributed by atoms with van der Waals surface area (Å²) >= 11 is 1.26. The Kier molecular flexibility index (Phi) is 5.47. The maximum absolute atomic E-state index is 12.8. The van der Waals surface area contributed by atoms with Crippen molar-refractivity contribution in [2.24, 2.45) is 0 Å². The molecule has 0 radical (unpaired) electrons. The molecule has 1 N–H and O–H groups in total. The Labute approximate surface area is 159 Å². The van der Waals surface area contributed by atoms with Crippen LogP contribution in [0.5, 0.6) is 0 Å². The first kappa shape index (κ1) is 18.2. The molecule has 4 rings (SSSR count). The van der Waals surface area contributed by atoms with Gasteiger partial charge in [-0.3, -0.25) is 0 Å². The van der Waals surface area contributed by atoms with E-state index in [9.17, 15) is 8.42 Å². The molecule has 2 aliphatic carbocycles. The van der Waals surface area contributed by atoms with Crippen LogP contribution in [0.1, 0.15) is 76.0 Å². The van der Waals surface area contributed by atoms with E-state index in [4.69, 9.17) is 4.42 Å². The van der Waals surface area contributed by atoms with E-state index in [0.29, 0.717) is 15.9 Å². The summed E-state index contributed by atoms with van der Waals surface area (Å²) in [6.07, 6.45) is 13.0. The largest absolute Gasteiger partial charge is 0.440 e. The number of hydrogen-bond acceptors (Lipinski definition) is 5. The highest BCUT2D eigenvalue weighted by Gasteiger charge is 2.26. The van der Waals surface area contributed by atoms with Crippen molar-refractivity contribution in [3.05, 3.63) is 24.2 Å². The first-order chi connectivity index (χ1) is 12.6. The van der Waals surface area contributed by atoms with E-state index >= 15 is 0 Å². The number of thiophene rings is 1. The Bertz CT molecular complexity index is 829. The van der Waals surface area contributed by atoms with Crippen LogP contribution in [-0.4, -0.2) is 19.4 Å². The Balaban J connectivity index is 1.46. The fourth-order valence-electron chi connectivity index (χ4n) is 3.69. The Hall–Kier alpha value is -1.18. The fraction of sp³-hybridized carbons (Fsp3) is 0.632. The van der Waals surface area contributed by atoms with Gasteiger partial charge in [0.1, 0.15) is 4.21 Å². The van der Waals surface area contributed by atoms with Gasteiger partial charge < -0.3 is 4.42 Å². The van der Waals surface area contributed by atoms with E-state index < -0.39 is 10.0 Å².